The molecule has 0 aliphatic carbocycles. The van der Waals surface area contributed by atoms with Gasteiger partial charge in [0.15, 0.2) is 0 Å². The normalized spacial score (nSPS) is 13.8. The second-order valence-corrected chi connectivity index (χ2v) is 3.91. The number of carbonyl (C=O) groups excluding carboxylic acids is 1. The van der Waals surface area contributed by atoms with Crippen molar-refractivity contribution >= 4 is 11.7 Å². The van der Waals surface area contributed by atoms with Crippen LogP contribution in [0.1, 0.15) is 27.7 Å². The maximum atomic E-state index is 11.0. The molecule has 0 heterocycles. The summed E-state index contributed by atoms with van der Waals surface area (Å²) in [5, 5.41) is 7.68. The van der Waals surface area contributed by atoms with Crippen molar-refractivity contribution in [3.63, 3.8) is 0 Å². The van der Waals surface area contributed by atoms with Crippen molar-refractivity contribution in [3.05, 3.63) is 0 Å². The Kier molecular flexibility index (Phi) is 3.43. The fourth-order valence-corrected chi connectivity index (χ4v) is 0.944. The van der Waals surface area contributed by atoms with Gasteiger partial charge in [-0.25, -0.2) is 0 Å². The summed E-state index contributed by atoms with van der Waals surface area (Å²) in [4.78, 5) is 11.0. The largest absolute Gasteiger partial charge is 0.469 e. The highest BCUT2D eigenvalue weighted by Gasteiger charge is 2.27. The first-order valence-electron chi connectivity index (χ1n) is 3.97. The van der Waals surface area contributed by atoms with E-state index in [1.165, 1.54) is 7.11 Å². The summed E-state index contributed by atoms with van der Waals surface area (Å²) < 4.78 is 4.55. The van der Waals surface area contributed by atoms with Crippen LogP contribution in [0, 0.1) is 16.7 Å². The minimum Gasteiger partial charge on any atom is -0.469 e. The van der Waals surface area contributed by atoms with Crippen LogP contribution in [0.2, 0.25) is 0 Å². The molecule has 3 nitrogen and oxygen atoms in total. The van der Waals surface area contributed by atoms with Crippen molar-refractivity contribution in [2.45, 2.75) is 27.7 Å². The van der Waals surface area contributed by atoms with Crippen molar-refractivity contribution in [1.29, 1.82) is 5.41 Å². The Labute approximate surface area is 73.6 Å². The van der Waals surface area contributed by atoms with Gasteiger partial charge in [-0.1, -0.05) is 20.8 Å². The van der Waals surface area contributed by atoms with Gasteiger partial charge in [-0.05, 0) is 6.92 Å². The quantitative estimate of drug-likeness (QED) is 0.509. The van der Waals surface area contributed by atoms with Crippen molar-refractivity contribution in [3.8, 4) is 0 Å². The maximum Gasteiger partial charge on any atom is 0.314 e. The molecule has 0 aromatic rings. The molecule has 0 aromatic carbocycles. The summed E-state index contributed by atoms with van der Waals surface area (Å²) in [6.45, 7) is 7.43. The predicted octanol–water partition coefficient (Wildman–Crippen LogP) is 1.86. The first-order valence-corrected chi connectivity index (χ1v) is 3.97. The number of hydrogen-bond acceptors (Lipinski definition) is 3. The van der Waals surface area contributed by atoms with Crippen LogP contribution < -0.4 is 0 Å². The summed E-state index contributed by atoms with van der Waals surface area (Å²) in [5.74, 6) is -0.773. The van der Waals surface area contributed by atoms with E-state index in [9.17, 15) is 4.79 Å². The number of nitrogens with one attached hydrogen (secondary N) is 1. The molecule has 1 atom stereocenters. The van der Waals surface area contributed by atoms with Gasteiger partial charge < -0.3 is 10.1 Å². The van der Waals surface area contributed by atoms with Gasteiger partial charge in [0.05, 0.1) is 13.0 Å². The first kappa shape index (κ1) is 11.1. The molecule has 0 rings (SSSR count). The third-order valence-electron chi connectivity index (χ3n) is 1.80. The second kappa shape index (κ2) is 3.70. The molecular weight excluding hydrogens is 154 g/mol. The van der Waals surface area contributed by atoms with Gasteiger partial charge in [0, 0.05) is 11.1 Å². The Morgan fingerprint density at radius 3 is 2.08 bits per heavy atom. The van der Waals surface area contributed by atoms with E-state index in [0.717, 1.165) is 0 Å². The Morgan fingerprint density at radius 2 is 1.83 bits per heavy atom. The van der Waals surface area contributed by atoms with E-state index in [2.05, 4.69) is 4.74 Å². The number of carbonyl (C=O) groups is 1. The van der Waals surface area contributed by atoms with Crippen molar-refractivity contribution in [2.75, 3.05) is 7.11 Å². The fraction of sp³-hybridized carbons (Fsp3) is 0.778. The molecule has 0 aliphatic heterocycles. The summed E-state index contributed by atoms with van der Waals surface area (Å²) in [6, 6.07) is 0. The van der Waals surface area contributed by atoms with E-state index < -0.39 is 5.92 Å². The number of ether oxygens (including phenoxy) is 1. The van der Waals surface area contributed by atoms with Crippen LogP contribution in [-0.2, 0) is 9.53 Å². The lowest BCUT2D eigenvalue weighted by molar-refractivity contribution is -0.142. The topological polar surface area (TPSA) is 50.2 Å². The van der Waals surface area contributed by atoms with Crippen LogP contribution in [0.5, 0.6) is 0 Å². The predicted molar refractivity (Wildman–Crippen MR) is 48.4 cm³/mol. The molecule has 0 bridgehead atoms. The molecule has 12 heavy (non-hydrogen) atoms. The zero-order valence-corrected chi connectivity index (χ0v) is 8.39. The molecule has 1 N–H and O–H groups in total. The van der Waals surface area contributed by atoms with Gasteiger partial charge >= 0.3 is 5.97 Å². The lowest BCUT2D eigenvalue weighted by Crippen LogP contribution is -2.31. The van der Waals surface area contributed by atoms with Gasteiger partial charge in [0.25, 0.3) is 0 Å². The molecule has 0 saturated heterocycles. The Balaban J connectivity index is 4.41. The van der Waals surface area contributed by atoms with Gasteiger partial charge in [-0.3, -0.25) is 4.79 Å². The second-order valence-electron chi connectivity index (χ2n) is 3.91. The summed E-state index contributed by atoms with van der Waals surface area (Å²) >= 11 is 0. The molecule has 0 aliphatic rings. The monoisotopic (exact) mass is 171 g/mol. The average Bonchev–Trinajstić information content (AvgIpc) is 1.98. The minimum absolute atomic E-state index is 0.256. The standard InChI is InChI=1S/C9H17NO2/c1-6(8(11)12-5)7(10)9(2,3)4/h6,10H,1-5H3. The third kappa shape index (κ3) is 2.64. The average molecular weight is 171 g/mol. The van der Waals surface area contributed by atoms with Crippen LogP contribution in [0.15, 0.2) is 0 Å². The lowest BCUT2D eigenvalue weighted by Gasteiger charge is -2.23. The molecule has 0 fully saturated rings. The Hall–Kier alpha value is -0.860. The summed E-state index contributed by atoms with van der Waals surface area (Å²) in [7, 11) is 1.34. The molecule has 0 amide bonds. The zero-order valence-electron chi connectivity index (χ0n) is 8.39. The van der Waals surface area contributed by atoms with Crippen molar-refractivity contribution in [1.82, 2.24) is 0 Å². The van der Waals surface area contributed by atoms with Crippen LogP contribution in [0.3, 0.4) is 0 Å². The van der Waals surface area contributed by atoms with E-state index in [1.807, 2.05) is 20.8 Å². The molecule has 3 heteroatoms. The molecular formula is C9H17NO2. The minimum atomic E-state index is -0.435. The van der Waals surface area contributed by atoms with Crippen LogP contribution in [0.4, 0.5) is 0 Å². The number of methoxy groups -OCH3 is 1. The smallest absolute Gasteiger partial charge is 0.314 e. The highest BCUT2D eigenvalue weighted by molar-refractivity contribution is 6.02. The van der Waals surface area contributed by atoms with Gasteiger partial charge in [-0.2, -0.15) is 0 Å². The van der Waals surface area contributed by atoms with E-state index in [4.69, 9.17) is 5.41 Å². The molecule has 0 saturated carbocycles. The molecule has 0 radical (unpaired) electrons. The lowest BCUT2D eigenvalue weighted by atomic mass is 9.83. The Morgan fingerprint density at radius 1 is 1.42 bits per heavy atom. The molecule has 70 valence electrons. The third-order valence-corrected chi connectivity index (χ3v) is 1.80. The van der Waals surface area contributed by atoms with E-state index in [1.54, 1.807) is 6.92 Å². The highest BCUT2D eigenvalue weighted by Crippen LogP contribution is 2.20. The zero-order chi connectivity index (χ0) is 9.94. The molecule has 1 unspecified atom stereocenters. The SMILES string of the molecule is COC(=O)C(C)C(=N)C(C)(C)C. The van der Waals surface area contributed by atoms with Gasteiger partial charge in [-0.15, -0.1) is 0 Å². The Bertz CT molecular complexity index is 191. The van der Waals surface area contributed by atoms with E-state index in [0.29, 0.717) is 5.71 Å². The highest BCUT2D eigenvalue weighted by atomic mass is 16.5. The fourth-order valence-electron chi connectivity index (χ4n) is 0.944. The van der Waals surface area contributed by atoms with Crippen LogP contribution in [0.25, 0.3) is 0 Å². The summed E-state index contributed by atoms with van der Waals surface area (Å²) in [6.07, 6.45) is 0. The van der Waals surface area contributed by atoms with E-state index in [-0.39, 0.29) is 11.4 Å². The van der Waals surface area contributed by atoms with Gasteiger partial charge in [0.1, 0.15) is 0 Å². The van der Waals surface area contributed by atoms with Crippen LogP contribution in [-0.4, -0.2) is 18.8 Å². The summed E-state index contributed by atoms with van der Waals surface area (Å²) in [5.41, 5.74) is 0.155. The van der Waals surface area contributed by atoms with Crippen molar-refractivity contribution < 1.29 is 9.53 Å². The molecule has 0 aromatic heterocycles. The van der Waals surface area contributed by atoms with Crippen LogP contribution >= 0.6 is 0 Å². The van der Waals surface area contributed by atoms with Gasteiger partial charge in [0.2, 0.25) is 0 Å². The van der Waals surface area contributed by atoms with E-state index >= 15 is 0 Å². The first-order chi connectivity index (χ1) is 5.30. The number of hydrogen-bond donors (Lipinski definition) is 1. The number of rotatable bonds is 2. The molecule has 0 spiro atoms. The maximum absolute atomic E-state index is 11.0. The number of esters is 1. The van der Waals surface area contributed by atoms with Crippen molar-refractivity contribution in [2.24, 2.45) is 11.3 Å².